The topological polar surface area (TPSA) is 92.2 Å². The van der Waals surface area contributed by atoms with Crippen LogP contribution in [0.4, 0.5) is 5.13 Å². The van der Waals surface area contributed by atoms with E-state index >= 15 is 0 Å². The Balaban J connectivity index is 1.93. The number of rotatable bonds is 4. The monoisotopic (exact) mass is 379 g/mol. The summed E-state index contributed by atoms with van der Waals surface area (Å²) in [6, 6.07) is 4.99. The van der Waals surface area contributed by atoms with E-state index in [2.05, 4.69) is 15.3 Å². The first kappa shape index (κ1) is 16.6. The number of thiophene rings is 1. The number of thiazole rings is 1. The fourth-order valence-electron chi connectivity index (χ4n) is 2.09. The number of nitrogens with one attached hydrogen (secondary N) is 1. The Labute approximate surface area is 149 Å². The number of anilines is 1. The molecule has 0 spiro atoms. The van der Waals surface area contributed by atoms with E-state index in [0.717, 1.165) is 16.2 Å². The van der Waals surface area contributed by atoms with Crippen molar-refractivity contribution in [1.82, 2.24) is 9.97 Å². The number of carbonyl (C=O) groups excluding carboxylic acids is 1. The van der Waals surface area contributed by atoms with E-state index in [0.29, 0.717) is 25.5 Å². The molecule has 3 rings (SSSR count). The van der Waals surface area contributed by atoms with Crippen molar-refractivity contribution in [2.24, 2.45) is 0 Å². The lowest BCUT2D eigenvalue weighted by Crippen LogP contribution is -2.11. The smallest absolute Gasteiger partial charge is 0.355 e. The Hall–Kier alpha value is -2.29. The van der Waals surface area contributed by atoms with Gasteiger partial charge in [-0.2, -0.15) is 0 Å². The molecule has 1 amide bonds. The van der Waals surface area contributed by atoms with Crippen LogP contribution < -0.4 is 5.32 Å². The number of halogens is 1. The zero-order valence-electron chi connectivity index (χ0n) is 12.2. The van der Waals surface area contributed by atoms with Gasteiger partial charge in [0.25, 0.3) is 5.91 Å². The zero-order valence-corrected chi connectivity index (χ0v) is 14.6. The van der Waals surface area contributed by atoms with E-state index in [4.69, 9.17) is 11.6 Å². The third kappa shape index (κ3) is 3.30. The largest absolute Gasteiger partial charge is 0.476 e. The Morgan fingerprint density at radius 1 is 1.29 bits per heavy atom. The highest BCUT2D eigenvalue weighted by Crippen LogP contribution is 2.33. The molecule has 0 bridgehead atoms. The molecule has 2 N–H and O–H groups in total. The summed E-state index contributed by atoms with van der Waals surface area (Å²) in [5.41, 5.74) is 0.897. The molecule has 3 aromatic heterocycles. The van der Waals surface area contributed by atoms with Crippen LogP contribution in [0.3, 0.4) is 0 Å². The molecule has 0 atom stereocenters. The highest BCUT2D eigenvalue weighted by Gasteiger charge is 2.19. The molecule has 24 heavy (non-hydrogen) atoms. The van der Waals surface area contributed by atoms with Crippen LogP contribution in [-0.2, 0) is 0 Å². The van der Waals surface area contributed by atoms with E-state index in [1.54, 1.807) is 25.1 Å². The van der Waals surface area contributed by atoms with Crippen molar-refractivity contribution in [1.29, 1.82) is 0 Å². The first-order valence-electron chi connectivity index (χ1n) is 6.67. The molecule has 3 heterocycles. The molecular formula is C15H10ClN3O3S2. The molecule has 0 aromatic carbocycles. The maximum Gasteiger partial charge on any atom is 0.355 e. The number of amides is 1. The van der Waals surface area contributed by atoms with Crippen LogP contribution in [0.2, 0.25) is 4.34 Å². The average Bonchev–Trinajstić information content (AvgIpc) is 3.13. The minimum Gasteiger partial charge on any atom is -0.476 e. The number of aromatic carboxylic acids is 1. The van der Waals surface area contributed by atoms with Gasteiger partial charge in [0, 0.05) is 21.5 Å². The van der Waals surface area contributed by atoms with Gasteiger partial charge in [0.05, 0.1) is 11.8 Å². The second-order valence-corrected chi connectivity index (χ2v) is 7.63. The second kappa shape index (κ2) is 6.68. The van der Waals surface area contributed by atoms with Gasteiger partial charge in [-0.05, 0) is 25.1 Å². The quantitative estimate of drug-likeness (QED) is 0.709. The highest BCUT2D eigenvalue weighted by atomic mass is 35.5. The summed E-state index contributed by atoms with van der Waals surface area (Å²) < 4.78 is 0.481. The summed E-state index contributed by atoms with van der Waals surface area (Å²) in [7, 11) is 0. The normalized spacial score (nSPS) is 10.6. The molecule has 6 nitrogen and oxygen atoms in total. The van der Waals surface area contributed by atoms with Gasteiger partial charge in [0.1, 0.15) is 4.34 Å². The van der Waals surface area contributed by atoms with Crippen LogP contribution in [-0.4, -0.2) is 27.0 Å². The Morgan fingerprint density at radius 3 is 2.75 bits per heavy atom. The van der Waals surface area contributed by atoms with Gasteiger partial charge in [0.2, 0.25) is 0 Å². The molecular weight excluding hydrogens is 370 g/mol. The van der Waals surface area contributed by atoms with Crippen molar-refractivity contribution in [3.8, 4) is 10.4 Å². The number of carboxylic acid groups (broad SMARTS) is 1. The number of hydrogen-bond donors (Lipinski definition) is 2. The molecule has 0 aliphatic carbocycles. The first-order chi connectivity index (χ1) is 11.5. The van der Waals surface area contributed by atoms with Crippen LogP contribution in [0, 0.1) is 6.92 Å². The third-order valence-corrected chi connectivity index (χ3v) is 5.25. The van der Waals surface area contributed by atoms with E-state index < -0.39 is 5.97 Å². The van der Waals surface area contributed by atoms with E-state index in [9.17, 15) is 14.7 Å². The minimum absolute atomic E-state index is 0.0441. The van der Waals surface area contributed by atoms with Gasteiger partial charge in [-0.3, -0.25) is 10.1 Å². The lowest BCUT2D eigenvalue weighted by atomic mass is 10.1. The van der Waals surface area contributed by atoms with Crippen molar-refractivity contribution >= 4 is 51.3 Å². The number of aromatic nitrogens is 2. The summed E-state index contributed by atoms with van der Waals surface area (Å²) in [5.74, 6) is -1.43. The molecule has 122 valence electrons. The van der Waals surface area contributed by atoms with Crippen molar-refractivity contribution in [3.63, 3.8) is 0 Å². The Bertz CT molecular complexity index is 936. The Kier molecular flexibility index (Phi) is 4.61. The van der Waals surface area contributed by atoms with E-state index in [1.807, 2.05) is 0 Å². The summed E-state index contributed by atoms with van der Waals surface area (Å²) in [6.07, 6.45) is 2.88. The second-order valence-electron chi connectivity index (χ2n) is 4.71. The van der Waals surface area contributed by atoms with Crippen molar-refractivity contribution in [2.45, 2.75) is 6.92 Å². The molecule has 9 heteroatoms. The van der Waals surface area contributed by atoms with E-state index in [-0.39, 0.29) is 11.6 Å². The van der Waals surface area contributed by atoms with Crippen LogP contribution in [0.5, 0.6) is 0 Å². The van der Waals surface area contributed by atoms with Crippen LogP contribution >= 0.6 is 34.3 Å². The Morgan fingerprint density at radius 2 is 2.08 bits per heavy atom. The molecule has 3 aromatic rings. The van der Waals surface area contributed by atoms with Gasteiger partial charge in [-0.1, -0.05) is 22.9 Å². The third-order valence-electron chi connectivity index (χ3n) is 3.14. The average molecular weight is 380 g/mol. The summed E-state index contributed by atoms with van der Waals surface area (Å²) in [5, 5.41) is 12.3. The molecule has 0 saturated carbocycles. The summed E-state index contributed by atoms with van der Waals surface area (Å²) in [6.45, 7) is 1.80. The van der Waals surface area contributed by atoms with Gasteiger partial charge in [0.15, 0.2) is 10.8 Å². The van der Waals surface area contributed by atoms with Crippen LogP contribution in [0.1, 0.15) is 25.7 Å². The maximum atomic E-state index is 12.4. The molecule has 0 aliphatic heterocycles. The SMILES string of the molecule is Cc1sc(-c2cccnc2C(=O)O)cc1C(=O)Nc1ncc(Cl)s1. The van der Waals surface area contributed by atoms with E-state index in [1.165, 1.54) is 23.7 Å². The standard InChI is InChI=1S/C15H10ClN3O3S2/c1-7-9(13(20)19-15-18-6-11(16)24-15)5-10(23-7)8-3-2-4-17-12(8)14(21)22/h2-6H,1H3,(H,21,22)(H,18,19,20). The van der Waals surface area contributed by atoms with Gasteiger partial charge in [-0.15, -0.1) is 11.3 Å². The molecule has 0 saturated heterocycles. The molecule has 0 fully saturated rings. The number of carboxylic acids is 1. The number of aryl methyl sites for hydroxylation is 1. The number of pyridine rings is 1. The maximum absolute atomic E-state index is 12.4. The highest BCUT2D eigenvalue weighted by molar-refractivity contribution is 7.19. The van der Waals surface area contributed by atoms with Crippen LogP contribution in [0.25, 0.3) is 10.4 Å². The van der Waals surface area contributed by atoms with Gasteiger partial charge in [-0.25, -0.2) is 14.8 Å². The molecule has 0 radical (unpaired) electrons. The number of carbonyl (C=O) groups is 2. The van der Waals surface area contributed by atoms with Crippen molar-refractivity contribution in [2.75, 3.05) is 5.32 Å². The van der Waals surface area contributed by atoms with Gasteiger partial charge >= 0.3 is 5.97 Å². The number of nitrogens with zero attached hydrogens (tertiary/aromatic N) is 2. The molecule has 0 unspecified atom stereocenters. The first-order valence-corrected chi connectivity index (χ1v) is 8.68. The minimum atomic E-state index is -1.11. The fourth-order valence-corrected chi connectivity index (χ4v) is 3.94. The lowest BCUT2D eigenvalue weighted by Gasteiger charge is -2.01. The van der Waals surface area contributed by atoms with Crippen molar-refractivity contribution < 1.29 is 14.7 Å². The fraction of sp³-hybridized carbons (Fsp3) is 0.0667. The van der Waals surface area contributed by atoms with Gasteiger partial charge < -0.3 is 5.11 Å². The zero-order chi connectivity index (χ0) is 17.3. The summed E-state index contributed by atoms with van der Waals surface area (Å²) >= 11 is 8.30. The predicted octanol–water partition coefficient (Wildman–Crippen LogP) is 4.18. The number of hydrogen-bond acceptors (Lipinski definition) is 6. The molecule has 0 aliphatic rings. The predicted molar refractivity (Wildman–Crippen MR) is 94.3 cm³/mol. The lowest BCUT2D eigenvalue weighted by molar-refractivity contribution is 0.0691. The van der Waals surface area contributed by atoms with Crippen LogP contribution in [0.15, 0.2) is 30.6 Å². The summed E-state index contributed by atoms with van der Waals surface area (Å²) in [4.78, 5) is 33.0. The van der Waals surface area contributed by atoms with Crippen molar-refractivity contribution in [3.05, 3.63) is 51.1 Å².